The lowest BCUT2D eigenvalue weighted by Gasteiger charge is -2.05. The smallest absolute Gasteiger partial charge is 0.330 e. The third kappa shape index (κ3) is 2.63. The Morgan fingerprint density at radius 1 is 1.18 bits per heavy atom. The number of aromatic nitrogens is 3. The Hall–Kier alpha value is -2.89. The summed E-state index contributed by atoms with van der Waals surface area (Å²) in [5, 5.41) is 0. The molecule has 22 heavy (non-hydrogen) atoms. The third-order valence-electron chi connectivity index (χ3n) is 3.42. The first-order valence-corrected chi connectivity index (χ1v) is 6.86. The molecule has 3 rings (SSSR count). The van der Waals surface area contributed by atoms with Crippen LogP contribution in [0.15, 0.2) is 53.5 Å². The van der Waals surface area contributed by atoms with E-state index in [1.54, 1.807) is 25.4 Å². The van der Waals surface area contributed by atoms with Crippen molar-refractivity contribution in [2.45, 2.75) is 13.2 Å². The molecule has 0 aliphatic carbocycles. The normalized spacial score (nSPS) is 10.8. The van der Waals surface area contributed by atoms with Crippen molar-refractivity contribution in [1.29, 1.82) is 0 Å². The highest BCUT2D eigenvalue weighted by Crippen LogP contribution is 2.09. The van der Waals surface area contributed by atoms with E-state index in [9.17, 15) is 9.59 Å². The van der Waals surface area contributed by atoms with Gasteiger partial charge in [0.15, 0.2) is 5.65 Å². The molecule has 0 N–H and O–H groups in total. The van der Waals surface area contributed by atoms with Crippen LogP contribution in [-0.2, 0) is 29.7 Å². The van der Waals surface area contributed by atoms with Crippen molar-refractivity contribution >= 4 is 17.1 Å². The van der Waals surface area contributed by atoms with Gasteiger partial charge in [0.1, 0.15) is 13.2 Å². The fraction of sp³-hybridized carbons (Fsp3) is 0.188. The second-order valence-electron chi connectivity index (χ2n) is 4.92. The predicted molar refractivity (Wildman–Crippen MR) is 81.2 cm³/mol. The van der Waals surface area contributed by atoms with Crippen LogP contribution in [0.1, 0.15) is 5.56 Å². The highest BCUT2D eigenvalue weighted by Gasteiger charge is 2.14. The molecule has 0 spiro atoms. The zero-order valence-corrected chi connectivity index (χ0v) is 12.1. The summed E-state index contributed by atoms with van der Waals surface area (Å²) in [5.41, 5.74) is 1.78. The first-order chi connectivity index (χ1) is 10.7. The van der Waals surface area contributed by atoms with Crippen molar-refractivity contribution < 1.29 is 9.53 Å². The van der Waals surface area contributed by atoms with Crippen molar-refractivity contribution in [2.24, 2.45) is 7.05 Å². The van der Waals surface area contributed by atoms with E-state index in [-0.39, 0.29) is 18.8 Å². The quantitative estimate of drug-likeness (QED) is 0.684. The maximum Gasteiger partial charge on any atom is 0.330 e. The molecule has 0 aliphatic heterocycles. The molecule has 0 unspecified atom stereocenters. The Labute approximate surface area is 126 Å². The molecule has 0 aliphatic rings. The van der Waals surface area contributed by atoms with Crippen LogP contribution in [0.3, 0.4) is 0 Å². The Kier molecular flexibility index (Phi) is 3.74. The average molecular weight is 297 g/mol. The van der Waals surface area contributed by atoms with Crippen LogP contribution in [-0.4, -0.2) is 20.1 Å². The van der Waals surface area contributed by atoms with E-state index in [0.717, 1.165) is 5.56 Å². The molecular formula is C16H15N3O3. The van der Waals surface area contributed by atoms with Gasteiger partial charge < -0.3 is 4.74 Å². The third-order valence-corrected chi connectivity index (χ3v) is 3.42. The number of carbonyl (C=O) groups is 1. The fourth-order valence-corrected chi connectivity index (χ4v) is 2.30. The standard InChI is InChI=1S/C16H15N3O3/c1-18-15-13(8-5-9-17-15)19(16(18)21)10-14(20)22-11-12-6-3-2-4-7-12/h2-9H,10-11H2,1H3. The number of rotatable bonds is 4. The summed E-state index contributed by atoms with van der Waals surface area (Å²) >= 11 is 0. The van der Waals surface area contributed by atoms with Crippen LogP contribution in [0.4, 0.5) is 0 Å². The molecule has 2 heterocycles. The van der Waals surface area contributed by atoms with Crippen LogP contribution in [0.5, 0.6) is 0 Å². The van der Waals surface area contributed by atoms with Crippen molar-refractivity contribution in [3.05, 3.63) is 64.7 Å². The van der Waals surface area contributed by atoms with Gasteiger partial charge in [-0.3, -0.25) is 13.9 Å². The molecule has 0 saturated heterocycles. The van der Waals surface area contributed by atoms with Gasteiger partial charge in [-0.2, -0.15) is 0 Å². The minimum Gasteiger partial charge on any atom is -0.459 e. The van der Waals surface area contributed by atoms with Crippen molar-refractivity contribution in [3.8, 4) is 0 Å². The van der Waals surface area contributed by atoms with Gasteiger partial charge >= 0.3 is 11.7 Å². The average Bonchev–Trinajstić information content (AvgIpc) is 2.79. The van der Waals surface area contributed by atoms with E-state index in [2.05, 4.69) is 4.98 Å². The van der Waals surface area contributed by atoms with Gasteiger partial charge in [-0.25, -0.2) is 9.78 Å². The zero-order valence-electron chi connectivity index (χ0n) is 12.1. The van der Waals surface area contributed by atoms with Gasteiger partial charge in [0, 0.05) is 13.2 Å². The monoisotopic (exact) mass is 297 g/mol. The summed E-state index contributed by atoms with van der Waals surface area (Å²) in [4.78, 5) is 28.3. The van der Waals surface area contributed by atoms with Gasteiger partial charge in [0.25, 0.3) is 0 Å². The summed E-state index contributed by atoms with van der Waals surface area (Å²) < 4.78 is 8.00. The Balaban J connectivity index is 1.77. The highest BCUT2D eigenvalue weighted by atomic mass is 16.5. The number of imidazole rings is 1. The summed E-state index contributed by atoms with van der Waals surface area (Å²) in [5.74, 6) is -0.456. The van der Waals surface area contributed by atoms with Crippen LogP contribution in [0.25, 0.3) is 11.2 Å². The topological polar surface area (TPSA) is 66.1 Å². The Morgan fingerprint density at radius 2 is 1.95 bits per heavy atom. The van der Waals surface area contributed by atoms with Crippen LogP contribution >= 0.6 is 0 Å². The number of benzene rings is 1. The fourth-order valence-electron chi connectivity index (χ4n) is 2.30. The molecule has 6 heteroatoms. The number of hydrogen-bond donors (Lipinski definition) is 0. The number of fused-ring (bicyclic) bond motifs is 1. The van der Waals surface area contributed by atoms with E-state index in [1.807, 2.05) is 30.3 Å². The van der Waals surface area contributed by atoms with Crippen molar-refractivity contribution in [2.75, 3.05) is 0 Å². The maximum absolute atomic E-state index is 12.2. The van der Waals surface area contributed by atoms with E-state index >= 15 is 0 Å². The van der Waals surface area contributed by atoms with Gasteiger partial charge in [0.2, 0.25) is 0 Å². The molecular weight excluding hydrogens is 282 g/mol. The molecule has 0 fully saturated rings. The first-order valence-electron chi connectivity index (χ1n) is 6.86. The maximum atomic E-state index is 12.2. The largest absolute Gasteiger partial charge is 0.459 e. The molecule has 0 atom stereocenters. The van der Waals surface area contributed by atoms with E-state index in [1.165, 1.54) is 9.13 Å². The highest BCUT2D eigenvalue weighted by molar-refractivity contribution is 5.75. The Morgan fingerprint density at radius 3 is 2.73 bits per heavy atom. The molecule has 0 radical (unpaired) electrons. The summed E-state index contributed by atoms with van der Waals surface area (Å²) in [6.45, 7) is 0.0616. The number of esters is 1. The van der Waals surface area contributed by atoms with E-state index in [0.29, 0.717) is 11.2 Å². The number of ether oxygens (including phenoxy) is 1. The van der Waals surface area contributed by atoms with Crippen LogP contribution < -0.4 is 5.69 Å². The first kappa shape index (κ1) is 14.1. The van der Waals surface area contributed by atoms with Crippen LogP contribution in [0, 0.1) is 0 Å². The number of nitrogens with zero attached hydrogens (tertiary/aromatic N) is 3. The molecule has 112 valence electrons. The minimum atomic E-state index is -0.456. The Bertz CT molecular complexity index is 865. The molecule has 2 aromatic heterocycles. The predicted octanol–water partition coefficient (Wildman–Crippen LogP) is 1.48. The minimum absolute atomic E-state index is 0.130. The van der Waals surface area contributed by atoms with E-state index < -0.39 is 5.97 Å². The lowest BCUT2D eigenvalue weighted by atomic mass is 10.2. The SMILES string of the molecule is Cn1c(=O)n(CC(=O)OCc2ccccc2)c2cccnc21. The lowest BCUT2D eigenvalue weighted by molar-refractivity contribution is -0.145. The molecule has 6 nitrogen and oxygen atoms in total. The van der Waals surface area contributed by atoms with Gasteiger partial charge in [0.05, 0.1) is 5.52 Å². The van der Waals surface area contributed by atoms with Crippen molar-refractivity contribution in [3.63, 3.8) is 0 Å². The molecule has 3 aromatic rings. The second kappa shape index (κ2) is 5.85. The second-order valence-corrected chi connectivity index (χ2v) is 4.92. The number of carbonyl (C=O) groups excluding carboxylic acids is 1. The van der Waals surface area contributed by atoms with E-state index in [4.69, 9.17) is 4.74 Å². The summed E-state index contributed by atoms with van der Waals surface area (Å²) in [7, 11) is 1.63. The molecule has 0 amide bonds. The molecule has 0 saturated carbocycles. The number of aryl methyl sites for hydroxylation is 1. The van der Waals surface area contributed by atoms with Gasteiger partial charge in [-0.15, -0.1) is 0 Å². The summed E-state index contributed by atoms with van der Waals surface area (Å²) in [6, 6.07) is 12.9. The van der Waals surface area contributed by atoms with Crippen LogP contribution in [0.2, 0.25) is 0 Å². The molecule has 1 aromatic carbocycles. The lowest BCUT2D eigenvalue weighted by Crippen LogP contribution is -2.26. The number of hydrogen-bond acceptors (Lipinski definition) is 4. The molecule has 0 bridgehead atoms. The van der Waals surface area contributed by atoms with Gasteiger partial charge in [-0.05, 0) is 17.7 Å². The van der Waals surface area contributed by atoms with Gasteiger partial charge in [-0.1, -0.05) is 30.3 Å². The van der Waals surface area contributed by atoms with Crippen molar-refractivity contribution in [1.82, 2.24) is 14.1 Å². The number of pyridine rings is 1. The summed E-state index contributed by atoms with van der Waals surface area (Å²) in [6.07, 6.45) is 1.61. The zero-order chi connectivity index (χ0) is 15.5.